The van der Waals surface area contributed by atoms with E-state index in [1.807, 2.05) is 0 Å². The largest absolute Gasteiger partial charge is 0.403 e. The molecule has 0 radical (unpaired) electrons. The summed E-state index contributed by atoms with van der Waals surface area (Å²) in [5.74, 6) is 0.384. The summed E-state index contributed by atoms with van der Waals surface area (Å²) in [5, 5.41) is 0. The topological polar surface area (TPSA) is 90.4 Å². The Morgan fingerprint density at radius 2 is 1.77 bits per heavy atom. The zero-order valence-corrected chi connectivity index (χ0v) is 7.87. The molecule has 0 bridgehead atoms. The van der Waals surface area contributed by atoms with E-state index in [9.17, 15) is 0 Å². The summed E-state index contributed by atoms with van der Waals surface area (Å²) < 4.78 is 0. The van der Waals surface area contributed by atoms with Crippen LogP contribution in [0, 0.1) is 0 Å². The average molecular weight is 182 g/mol. The second-order valence-corrected chi connectivity index (χ2v) is 3.43. The van der Waals surface area contributed by atoms with Crippen molar-refractivity contribution in [2.45, 2.75) is 38.1 Å². The lowest BCUT2D eigenvalue weighted by Crippen LogP contribution is -2.25. The van der Waals surface area contributed by atoms with Gasteiger partial charge in [-0.25, -0.2) is 0 Å². The van der Waals surface area contributed by atoms with Crippen LogP contribution in [0.15, 0.2) is 16.9 Å². The molecule has 0 amide bonds. The lowest BCUT2D eigenvalue weighted by Gasteiger charge is -2.18. The Hall–Kier alpha value is -1.19. The molecule has 0 aromatic carbocycles. The molecule has 13 heavy (non-hydrogen) atoms. The van der Waals surface area contributed by atoms with Gasteiger partial charge < -0.3 is 17.2 Å². The third-order valence-electron chi connectivity index (χ3n) is 2.37. The van der Waals surface area contributed by atoms with Crippen LogP contribution in [0.25, 0.3) is 0 Å². The van der Waals surface area contributed by atoms with Crippen molar-refractivity contribution in [1.82, 2.24) is 0 Å². The van der Waals surface area contributed by atoms with Gasteiger partial charge in [0.25, 0.3) is 0 Å². The normalized spacial score (nSPS) is 21.8. The molecule has 1 rings (SSSR count). The molecular formula is C9H18N4. The smallest absolute Gasteiger partial charge is 0.143 e. The molecule has 0 heterocycles. The molecule has 0 aliphatic heterocycles. The van der Waals surface area contributed by atoms with Crippen molar-refractivity contribution in [3.8, 4) is 0 Å². The highest BCUT2D eigenvalue weighted by Crippen LogP contribution is 2.20. The molecule has 0 aromatic heterocycles. The van der Waals surface area contributed by atoms with Crippen LogP contribution in [0.5, 0.6) is 0 Å². The van der Waals surface area contributed by atoms with Gasteiger partial charge in [0.2, 0.25) is 0 Å². The quantitative estimate of drug-likeness (QED) is 0.427. The molecule has 1 aliphatic rings. The Labute approximate surface area is 78.9 Å². The summed E-state index contributed by atoms with van der Waals surface area (Å²) in [5.41, 5.74) is 16.8. The van der Waals surface area contributed by atoms with E-state index in [2.05, 4.69) is 4.99 Å². The first kappa shape index (κ1) is 9.89. The number of aliphatic imine (C=N–C) groups is 1. The fourth-order valence-electron chi connectivity index (χ4n) is 1.57. The maximum absolute atomic E-state index is 5.64. The van der Waals surface area contributed by atoms with Crippen LogP contribution >= 0.6 is 0 Å². The monoisotopic (exact) mass is 182 g/mol. The maximum atomic E-state index is 5.64. The molecule has 6 N–H and O–H groups in total. The van der Waals surface area contributed by atoms with E-state index >= 15 is 0 Å². The minimum Gasteiger partial charge on any atom is -0.403 e. The number of nitrogens with zero attached hydrogens (tertiary/aromatic N) is 1. The second-order valence-electron chi connectivity index (χ2n) is 3.43. The molecule has 74 valence electrons. The Bertz CT molecular complexity index is 214. The molecule has 4 nitrogen and oxygen atoms in total. The standard InChI is InChI=1S/C9H18N4/c10-6-8(11)9(12)13-7-4-2-1-3-5-7/h6-7H,1-5,10-11H2,(H2,12,13)/b8-6+. The van der Waals surface area contributed by atoms with Crippen LogP contribution in [-0.2, 0) is 0 Å². The van der Waals surface area contributed by atoms with E-state index in [1.54, 1.807) is 0 Å². The molecule has 0 unspecified atom stereocenters. The van der Waals surface area contributed by atoms with Crippen molar-refractivity contribution in [2.24, 2.45) is 22.2 Å². The van der Waals surface area contributed by atoms with E-state index in [0.29, 0.717) is 17.6 Å². The summed E-state index contributed by atoms with van der Waals surface area (Å²) in [4.78, 5) is 4.33. The van der Waals surface area contributed by atoms with Gasteiger partial charge in [-0.3, -0.25) is 4.99 Å². The third-order valence-corrected chi connectivity index (χ3v) is 2.37. The molecule has 0 spiro atoms. The summed E-state index contributed by atoms with van der Waals surface area (Å²) in [7, 11) is 0. The van der Waals surface area contributed by atoms with Gasteiger partial charge in [-0.05, 0) is 12.8 Å². The fourth-order valence-corrected chi connectivity index (χ4v) is 1.57. The lowest BCUT2D eigenvalue weighted by atomic mass is 9.96. The van der Waals surface area contributed by atoms with Crippen molar-refractivity contribution in [1.29, 1.82) is 0 Å². The molecule has 1 saturated carbocycles. The summed E-state index contributed by atoms with van der Waals surface area (Å²) in [6, 6.07) is 0.354. The van der Waals surface area contributed by atoms with Crippen LogP contribution in [0.1, 0.15) is 32.1 Å². The van der Waals surface area contributed by atoms with Crippen molar-refractivity contribution < 1.29 is 0 Å². The van der Waals surface area contributed by atoms with E-state index in [-0.39, 0.29) is 0 Å². The fraction of sp³-hybridized carbons (Fsp3) is 0.667. The summed E-state index contributed by atoms with van der Waals surface area (Å²) in [6.45, 7) is 0. The van der Waals surface area contributed by atoms with Gasteiger partial charge in [-0.1, -0.05) is 19.3 Å². The van der Waals surface area contributed by atoms with Crippen LogP contribution in [-0.4, -0.2) is 11.9 Å². The molecule has 4 heteroatoms. The first-order valence-corrected chi connectivity index (χ1v) is 4.75. The zero-order valence-electron chi connectivity index (χ0n) is 7.87. The Balaban J connectivity index is 2.52. The molecule has 0 saturated heterocycles. The van der Waals surface area contributed by atoms with Crippen molar-refractivity contribution in [2.75, 3.05) is 0 Å². The van der Waals surface area contributed by atoms with Crippen LogP contribution in [0.4, 0.5) is 0 Å². The van der Waals surface area contributed by atoms with Crippen molar-refractivity contribution >= 4 is 5.84 Å². The first-order chi connectivity index (χ1) is 6.24. The molecule has 1 aliphatic carbocycles. The van der Waals surface area contributed by atoms with Crippen LogP contribution < -0.4 is 17.2 Å². The maximum Gasteiger partial charge on any atom is 0.143 e. The summed E-state index contributed by atoms with van der Waals surface area (Å²) >= 11 is 0. The first-order valence-electron chi connectivity index (χ1n) is 4.75. The SMILES string of the molecule is N/C=C(/N)C(N)=NC1CCCCC1. The highest BCUT2D eigenvalue weighted by molar-refractivity contribution is 5.95. The molecular weight excluding hydrogens is 164 g/mol. The highest BCUT2D eigenvalue weighted by Gasteiger charge is 2.12. The Kier molecular flexibility index (Phi) is 3.61. The van der Waals surface area contributed by atoms with Gasteiger partial charge in [0.1, 0.15) is 5.84 Å². The van der Waals surface area contributed by atoms with E-state index < -0.39 is 0 Å². The highest BCUT2D eigenvalue weighted by atomic mass is 14.9. The van der Waals surface area contributed by atoms with Gasteiger partial charge in [-0.2, -0.15) is 0 Å². The number of rotatable bonds is 2. The van der Waals surface area contributed by atoms with Gasteiger partial charge in [0, 0.05) is 6.20 Å². The summed E-state index contributed by atoms with van der Waals surface area (Å²) in [6.07, 6.45) is 7.34. The van der Waals surface area contributed by atoms with Crippen molar-refractivity contribution in [3.63, 3.8) is 0 Å². The number of nitrogens with two attached hydrogens (primary N) is 3. The number of hydrogen-bond acceptors (Lipinski definition) is 3. The number of hydrogen-bond donors (Lipinski definition) is 3. The van der Waals surface area contributed by atoms with Gasteiger partial charge in [-0.15, -0.1) is 0 Å². The van der Waals surface area contributed by atoms with Crippen LogP contribution in [0.3, 0.4) is 0 Å². The minimum atomic E-state index is 0.354. The van der Waals surface area contributed by atoms with Gasteiger partial charge in [0.05, 0.1) is 11.7 Å². The molecule has 0 atom stereocenters. The Morgan fingerprint density at radius 1 is 1.15 bits per heavy atom. The second kappa shape index (κ2) is 4.74. The predicted octanol–water partition coefficient (Wildman–Crippen LogP) is 0.435. The van der Waals surface area contributed by atoms with Crippen molar-refractivity contribution in [3.05, 3.63) is 11.9 Å². The average Bonchev–Trinajstić information content (AvgIpc) is 2.18. The Morgan fingerprint density at radius 3 is 2.31 bits per heavy atom. The third kappa shape index (κ3) is 2.97. The minimum absolute atomic E-state index is 0.354. The predicted molar refractivity (Wildman–Crippen MR) is 55.0 cm³/mol. The van der Waals surface area contributed by atoms with E-state index in [0.717, 1.165) is 12.8 Å². The molecule has 1 fully saturated rings. The van der Waals surface area contributed by atoms with Gasteiger partial charge in [0.15, 0.2) is 0 Å². The number of amidine groups is 1. The van der Waals surface area contributed by atoms with Gasteiger partial charge >= 0.3 is 0 Å². The lowest BCUT2D eigenvalue weighted by molar-refractivity contribution is 0.443. The zero-order chi connectivity index (χ0) is 9.68. The van der Waals surface area contributed by atoms with E-state index in [4.69, 9.17) is 17.2 Å². The van der Waals surface area contributed by atoms with Crippen LogP contribution in [0.2, 0.25) is 0 Å². The van der Waals surface area contributed by atoms with E-state index in [1.165, 1.54) is 25.5 Å². The molecule has 0 aromatic rings.